The topological polar surface area (TPSA) is 133 Å². The van der Waals surface area contributed by atoms with Crippen molar-refractivity contribution in [3.63, 3.8) is 0 Å². The van der Waals surface area contributed by atoms with Crippen LogP contribution in [-0.2, 0) is 4.79 Å². The molecule has 1 saturated carbocycles. The molecule has 3 unspecified atom stereocenters. The molecule has 34 heavy (non-hydrogen) atoms. The lowest BCUT2D eigenvalue weighted by Gasteiger charge is -2.42. The van der Waals surface area contributed by atoms with Gasteiger partial charge in [-0.15, -0.1) is 0 Å². The minimum absolute atomic E-state index is 0.0311. The Labute approximate surface area is 198 Å². The van der Waals surface area contributed by atoms with Crippen LogP contribution in [0.1, 0.15) is 28.8 Å². The molecule has 0 aromatic carbocycles. The average molecular weight is 455 g/mol. The molecule has 1 saturated heterocycles. The SMILES string of the molecule is N#Cc1ccnc(NC2(C3CNCCN3CC(N)=O)C(c3ccccn3)C2c2ccccn2)c1. The van der Waals surface area contributed by atoms with Gasteiger partial charge in [0.15, 0.2) is 0 Å². The molecule has 172 valence electrons. The average Bonchev–Trinajstić information content (AvgIpc) is 3.54. The van der Waals surface area contributed by atoms with Crippen LogP contribution in [-0.4, -0.2) is 63.5 Å². The summed E-state index contributed by atoms with van der Waals surface area (Å²) in [6.07, 6.45) is 5.22. The molecule has 0 spiro atoms. The Balaban J connectivity index is 1.65. The summed E-state index contributed by atoms with van der Waals surface area (Å²) in [7, 11) is 0. The first-order valence-corrected chi connectivity index (χ1v) is 11.3. The smallest absolute Gasteiger partial charge is 0.231 e. The quantitative estimate of drug-likeness (QED) is 0.486. The third kappa shape index (κ3) is 3.98. The molecule has 3 aromatic heterocycles. The summed E-state index contributed by atoms with van der Waals surface area (Å²) in [5.74, 6) is 0.173. The van der Waals surface area contributed by atoms with Gasteiger partial charge in [0.25, 0.3) is 0 Å². The van der Waals surface area contributed by atoms with Gasteiger partial charge in [0.2, 0.25) is 5.91 Å². The number of amides is 1. The van der Waals surface area contributed by atoms with Crippen molar-refractivity contribution in [2.24, 2.45) is 5.73 Å². The number of hydrogen-bond donors (Lipinski definition) is 3. The Morgan fingerprint density at radius 1 is 1.12 bits per heavy atom. The van der Waals surface area contributed by atoms with E-state index in [9.17, 15) is 10.1 Å². The van der Waals surface area contributed by atoms with Gasteiger partial charge in [-0.25, -0.2) is 4.98 Å². The predicted octanol–water partition coefficient (Wildman–Crippen LogP) is 1.23. The number of nitrogens with zero attached hydrogens (tertiary/aromatic N) is 5. The van der Waals surface area contributed by atoms with Crippen molar-refractivity contribution in [3.8, 4) is 6.07 Å². The molecule has 2 aliphatic rings. The molecular weight excluding hydrogens is 428 g/mol. The van der Waals surface area contributed by atoms with Crippen LogP contribution < -0.4 is 16.4 Å². The van der Waals surface area contributed by atoms with Crippen LogP contribution in [0.3, 0.4) is 0 Å². The van der Waals surface area contributed by atoms with E-state index in [0.717, 1.165) is 17.9 Å². The number of carbonyl (C=O) groups is 1. The van der Waals surface area contributed by atoms with E-state index in [1.807, 2.05) is 36.4 Å². The zero-order valence-corrected chi connectivity index (χ0v) is 18.6. The number of carbonyl (C=O) groups excluding carboxylic acids is 1. The van der Waals surface area contributed by atoms with Crippen LogP contribution in [0.5, 0.6) is 0 Å². The number of rotatable bonds is 7. The molecular formula is C25H26N8O. The number of aromatic nitrogens is 3. The van der Waals surface area contributed by atoms with Gasteiger partial charge in [-0.05, 0) is 36.4 Å². The summed E-state index contributed by atoms with van der Waals surface area (Å²) in [5.41, 5.74) is 7.45. The van der Waals surface area contributed by atoms with Gasteiger partial charge >= 0.3 is 0 Å². The maximum Gasteiger partial charge on any atom is 0.231 e. The maximum absolute atomic E-state index is 12.0. The van der Waals surface area contributed by atoms with Crippen LogP contribution in [0.4, 0.5) is 5.82 Å². The van der Waals surface area contributed by atoms with Crippen LogP contribution >= 0.6 is 0 Å². The lowest BCUT2D eigenvalue weighted by atomic mass is 9.95. The number of piperazine rings is 1. The largest absolute Gasteiger partial charge is 0.369 e. The van der Waals surface area contributed by atoms with E-state index in [-0.39, 0.29) is 30.3 Å². The Morgan fingerprint density at radius 2 is 1.82 bits per heavy atom. The van der Waals surface area contributed by atoms with Gasteiger partial charge in [0.05, 0.1) is 23.7 Å². The van der Waals surface area contributed by atoms with Crippen molar-refractivity contribution in [1.29, 1.82) is 5.26 Å². The van der Waals surface area contributed by atoms with Crippen molar-refractivity contribution in [1.82, 2.24) is 25.2 Å². The zero-order valence-electron chi connectivity index (χ0n) is 18.6. The van der Waals surface area contributed by atoms with E-state index in [2.05, 4.69) is 26.6 Å². The van der Waals surface area contributed by atoms with E-state index >= 15 is 0 Å². The Kier molecular flexibility index (Phi) is 5.92. The molecule has 1 aliphatic heterocycles. The number of nitriles is 1. The highest BCUT2D eigenvalue weighted by atomic mass is 16.1. The predicted molar refractivity (Wildman–Crippen MR) is 127 cm³/mol. The fourth-order valence-electron chi connectivity index (χ4n) is 5.41. The molecule has 4 N–H and O–H groups in total. The second kappa shape index (κ2) is 9.17. The summed E-state index contributed by atoms with van der Waals surface area (Å²) in [5, 5.41) is 16.6. The Hall–Kier alpha value is -3.87. The van der Waals surface area contributed by atoms with Crippen LogP contribution in [0.2, 0.25) is 0 Å². The number of pyridine rings is 3. The molecule has 0 radical (unpaired) electrons. The lowest BCUT2D eigenvalue weighted by molar-refractivity contribution is -0.120. The van der Waals surface area contributed by atoms with Crippen LogP contribution in [0, 0.1) is 11.3 Å². The monoisotopic (exact) mass is 454 g/mol. The first-order valence-electron chi connectivity index (χ1n) is 11.3. The van der Waals surface area contributed by atoms with E-state index < -0.39 is 5.54 Å². The normalized spacial score (nSPS) is 26.4. The molecule has 5 rings (SSSR count). The highest BCUT2D eigenvalue weighted by Crippen LogP contribution is 2.66. The molecule has 0 bridgehead atoms. The summed E-state index contributed by atoms with van der Waals surface area (Å²) in [6, 6.07) is 17.3. The van der Waals surface area contributed by atoms with E-state index in [1.54, 1.807) is 30.7 Å². The highest BCUT2D eigenvalue weighted by Gasteiger charge is 2.72. The van der Waals surface area contributed by atoms with Crippen molar-refractivity contribution >= 4 is 11.7 Å². The van der Waals surface area contributed by atoms with Crippen molar-refractivity contribution in [3.05, 3.63) is 84.1 Å². The number of nitrogens with two attached hydrogens (primary N) is 1. The molecule has 3 atom stereocenters. The molecule has 1 amide bonds. The summed E-state index contributed by atoms with van der Waals surface area (Å²) >= 11 is 0. The van der Waals surface area contributed by atoms with Gasteiger partial charge in [0, 0.05) is 67.5 Å². The fourth-order valence-corrected chi connectivity index (χ4v) is 5.41. The van der Waals surface area contributed by atoms with Crippen molar-refractivity contribution in [2.45, 2.75) is 23.4 Å². The van der Waals surface area contributed by atoms with E-state index in [0.29, 0.717) is 24.5 Å². The van der Waals surface area contributed by atoms with Gasteiger partial charge < -0.3 is 16.4 Å². The molecule has 2 fully saturated rings. The molecule has 9 nitrogen and oxygen atoms in total. The number of nitrogens with one attached hydrogen (secondary N) is 2. The molecule has 1 aliphatic carbocycles. The first-order chi connectivity index (χ1) is 16.6. The lowest BCUT2D eigenvalue weighted by Crippen LogP contribution is -2.62. The van der Waals surface area contributed by atoms with Gasteiger partial charge in [0.1, 0.15) is 5.82 Å². The molecule has 4 heterocycles. The molecule has 9 heteroatoms. The molecule has 3 aromatic rings. The van der Waals surface area contributed by atoms with Gasteiger partial charge in [-0.2, -0.15) is 5.26 Å². The van der Waals surface area contributed by atoms with Gasteiger partial charge in [-0.1, -0.05) is 12.1 Å². The Bertz CT molecular complexity index is 1150. The second-order valence-corrected chi connectivity index (χ2v) is 8.72. The minimum atomic E-state index is -0.577. The second-order valence-electron chi connectivity index (χ2n) is 8.72. The van der Waals surface area contributed by atoms with E-state index in [1.165, 1.54) is 0 Å². The van der Waals surface area contributed by atoms with E-state index in [4.69, 9.17) is 15.7 Å². The number of primary amides is 1. The van der Waals surface area contributed by atoms with Crippen LogP contribution in [0.15, 0.2) is 67.1 Å². The summed E-state index contributed by atoms with van der Waals surface area (Å²) in [4.78, 5) is 28.0. The van der Waals surface area contributed by atoms with Crippen molar-refractivity contribution in [2.75, 3.05) is 31.5 Å². The number of anilines is 1. The van der Waals surface area contributed by atoms with Gasteiger partial charge in [-0.3, -0.25) is 19.7 Å². The van der Waals surface area contributed by atoms with Crippen molar-refractivity contribution < 1.29 is 4.79 Å². The summed E-state index contributed by atoms with van der Waals surface area (Å²) < 4.78 is 0. The fraction of sp³-hybridized carbons (Fsp3) is 0.320. The third-order valence-electron chi connectivity index (χ3n) is 6.76. The Morgan fingerprint density at radius 3 is 2.41 bits per heavy atom. The third-order valence-corrected chi connectivity index (χ3v) is 6.76. The minimum Gasteiger partial charge on any atom is -0.369 e. The standard InChI is InChI=1S/C25H26N8O/c26-14-17-7-10-31-22(13-17)32-25(20-15-28-11-12-33(20)16-21(27)34)23(18-5-1-3-8-29-18)24(25)19-6-2-4-9-30-19/h1-10,13,20,23-24,28H,11-12,15-16H2,(H2,27,34)(H,31,32). The first kappa shape index (κ1) is 21.9. The highest BCUT2D eigenvalue weighted by molar-refractivity contribution is 5.76. The maximum atomic E-state index is 12.0. The van der Waals surface area contributed by atoms with Crippen LogP contribution in [0.25, 0.3) is 0 Å². The number of hydrogen-bond acceptors (Lipinski definition) is 8. The zero-order chi connectivity index (χ0) is 23.5. The summed E-state index contributed by atoms with van der Waals surface area (Å²) in [6.45, 7) is 2.27.